The zero-order valence-electron chi connectivity index (χ0n) is 74.4. The number of likely N-dealkylation sites (N-methyl/N-ethyl adjacent to an activating group) is 3. The molecule has 2 bridgehead atoms. The van der Waals surface area contributed by atoms with Gasteiger partial charge in [-0.25, -0.2) is 4.98 Å². The summed E-state index contributed by atoms with van der Waals surface area (Å²) in [6.07, 6.45) is 7.34. The van der Waals surface area contributed by atoms with E-state index in [2.05, 4.69) is 73.1 Å². The number of aliphatic carboxylic acids is 1. The molecular formula is C89H117N21O22S. The van der Waals surface area contributed by atoms with E-state index in [0.717, 1.165) is 36.3 Å². The van der Waals surface area contributed by atoms with Crippen LogP contribution in [0, 0.1) is 0 Å². The zero-order valence-corrected chi connectivity index (χ0v) is 75.2. The number of rotatable bonds is 17. The number of thioether (sulfide) groups is 1. The number of aromatic hydroxyl groups is 1. The standard InChI is InChI=1S/C89H117N21O22S/c1-48-76(119)105-67(78(121)95-42-73(91)115)45-133-46-74(116)98-63(33-50-26-28-54(112)29-27-50)85(128)106(3)49(2)77(120)102-65(38-75(117)118)88(131)109-32-18-25-69(109)83(126)101-62(36-53-41-92-47-96-53)80(123)99-60(30-31-72(90)114)87(130)110-43-55(113)37-71(110)84(127)100-61(34-51-39-93-58-21-16-14-19-56(51)58)79(122)104-66(44-111)81(124)103-64(35-52-40-94-59-22-17-15-20-57(52)59)86(129)108(5)70-24-13-11-9-7-6-8-10-12-23-68(82(125)97-48)107(4)89(70)132/h6-7,14-17,19-22,26-29,39-41,47-49,55,60-71,93-94,111-113H,8-13,18,23-25,30-38,42-46H2,1-5H3,(H2,90,114)(H2,91,115)(H,92,96)(H,95,121)(H,97,125)(H,98,116)(H,99,123)(H,100,127)(H,101,126)(H,102,120)(H,103,124)(H,104,122)(H,105,119)(H,117,118)/b7-6-/t48-,49-,55+,60-,61-,62-,63-,64-,65-,66-,67-,68-,69-,70-,71-/m0/s1. The highest BCUT2D eigenvalue weighted by Gasteiger charge is 2.47. The number of aromatic amines is 3. The molecule has 716 valence electrons. The van der Waals surface area contributed by atoms with E-state index in [9.17, 15) is 73.2 Å². The maximum atomic E-state index is 15.7. The van der Waals surface area contributed by atoms with Crippen LogP contribution >= 0.6 is 11.8 Å². The number of benzene rings is 3. The number of imidazole rings is 1. The first-order valence-corrected chi connectivity index (χ1v) is 45.2. The van der Waals surface area contributed by atoms with E-state index in [4.69, 9.17) is 11.5 Å². The molecule has 0 unspecified atom stereocenters. The van der Waals surface area contributed by atoms with E-state index >= 15 is 33.6 Å². The number of allylic oxidation sites excluding steroid dienone is 2. The van der Waals surface area contributed by atoms with Crippen LogP contribution in [-0.4, -0.2) is 321 Å². The molecule has 44 heteroatoms. The lowest BCUT2D eigenvalue weighted by atomic mass is 9.99. The lowest BCUT2D eigenvalue weighted by Gasteiger charge is -2.36. The molecule has 0 aliphatic carbocycles. The summed E-state index contributed by atoms with van der Waals surface area (Å²) in [6, 6.07) is -3.16. The molecule has 15 atom stereocenters. The van der Waals surface area contributed by atoms with E-state index in [-0.39, 0.29) is 62.9 Å². The number of phenols is 1. The van der Waals surface area contributed by atoms with Crippen LogP contribution in [0.1, 0.15) is 126 Å². The third-order valence-electron chi connectivity index (χ3n) is 24.1. The lowest BCUT2D eigenvalue weighted by molar-refractivity contribution is -0.149. The second-order valence-electron chi connectivity index (χ2n) is 33.7. The molecule has 6 aromatic rings. The van der Waals surface area contributed by atoms with Gasteiger partial charge < -0.3 is 125 Å². The highest BCUT2D eigenvalue weighted by atomic mass is 32.2. The van der Waals surface area contributed by atoms with Crippen molar-refractivity contribution in [1.82, 2.24) is 97.6 Å². The molecule has 0 spiro atoms. The van der Waals surface area contributed by atoms with Gasteiger partial charge in [0.25, 0.3) is 0 Å². The lowest BCUT2D eigenvalue weighted by Crippen LogP contribution is -2.61. The van der Waals surface area contributed by atoms with Crippen LogP contribution in [0.3, 0.4) is 0 Å². The number of aliphatic hydroxyl groups excluding tert-OH is 2. The van der Waals surface area contributed by atoms with Crippen molar-refractivity contribution in [3.05, 3.63) is 132 Å². The van der Waals surface area contributed by atoms with Gasteiger partial charge in [0.1, 0.15) is 90.3 Å². The number of hydrogen-bond donors (Lipinski definition) is 19. The molecule has 4 aliphatic heterocycles. The highest BCUT2D eigenvalue weighted by molar-refractivity contribution is 8.00. The Balaban J connectivity index is 1.01. The minimum atomic E-state index is -1.93. The monoisotopic (exact) mass is 1860 g/mol. The van der Waals surface area contributed by atoms with Gasteiger partial charge in [-0.05, 0) is 113 Å². The fraction of sp³-hybridized carbons (Fsp3) is 0.494. The largest absolute Gasteiger partial charge is 0.508 e. The number of aliphatic hydroxyl groups is 2. The number of carboxylic acid groups (broad SMARTS) is 1. The average molecular weight is 1870 g/mol. The fourth-order valence-electron chi connectivity index (χ4n) is 16.6. The van der Waals surface area contributed by atoms with Gasteiger partial charge >= 0.3 is 5.97 Å². The number of carboxylic acids is 1. The summed E-state index contributed by atoms with van der Waals surface area (Å²) < 4.78 is 0. The molecule has 4 aliphatic rings. The maximum Gasteiger partial charge on any atom is 0.305 e. The van der Waals surface area contributed by atoms with Crippen LogP contribution in [0.25, 0.3) is 21.8 Å². The number of nitrogens with one attached hydrogen (secondary N) is 13. The van der Waals surface area contributed by atoms with E-state index in [0.29, 0.717) is 77.0 Å². The summed E-state index contributed by atoms with van der Waals surface area (Å²) in [5.41, 5.74) is 13.8. The minimum absolute atomic E-state index is 0.00328. The molecular weight excluding hydrogens is 1750 g/mol. The summed E-state index contributed by atoms with van der Waals surface area (Å²) in [6.45, 7) is -0.0836. The van der Waals surface area contributed by atoms with E-state index in [1.54, 1.807) is 60.9 Å². The predicted octanol–water partition coefficient (Wildman–Crippen LogP) is -3.04. The highest BCUT2D eigenvalue weighted by Crippen LogP contribution is 2.28. The Labute approximate surface area is 769 Å². The number of aromatic nitrogens is 4. The van der Waals surface area contributed by atoms with Crippen LogP contribution in [0.4, 0.5) is 0 Å². The number of phenolic OH excluding ortho intramolecular Hbond substituents is 1. The third-order valence-corrected chi connectivity index (χ3v) is 25.1. The molecule has 0 radical (unpaired) electrons. The van der Waals surface area contributed by atoms with Gasteiger partial charge in [-0.15, -0.1) is 11.8 Å². The Bertz CT molecular complexity index is 5260. The number of para-hydroxylation sites is 2. The van der Waals surface area contributed by atoms with Gasteiger partial charge in [0.2, 0.25) is 100 Å². The van der Waals surface area contributed by atoms with Crippen molar-refractivity contribution < 1.29 is 107 Å². The molecule has 43 nitrogen and oxygen atoms in total. The van der Waals surface area contributed by atoms with Crippen LogP contribution < -0.4 is 64.6 Å². The number of primary amides is 2. The van der Waals surface area contributed by atoms with Crippen LogP contribution in [-0.2, 0) is 112 Å². The molecule has 133 heavy (non-hydrogen) atoms. The van der Waals surface area contributed by atoms with Gasteiger partial charge in [0, 0.05) is 125 Å². The first-order valence-electron chi connectivity index (χ1n) is 44.0. The topological polar surface area (TPSA) is 637 Å². The van der Waals surface area contributed by atoms with Crippen molar-refractivity contribution in [2.45, 2.75) is 220 Å². The van der Waals surface area contributed by atoms with Gasteiger partial charge in [-0.1, -0.05) is 73.5 Å². The van der Waals surface area contributed by atoms with Crippen molar-refractivity contribution >= 4 is 140 Å². The quantitative estimate of drug-likeness (QED) is 0.0404. The van der Waals surface area contributed by atoms with E-state index in [1.807, 2.05) is 12.2 Å². The minimum Gasteiger partial charge on any atom is -0.508 e. The van der Waals surface area contributed by atoms with E-state index in [1.165, 1.54) is 71.8 Å². The number of carbonyl (C=O) groups excluding carboxylic acids is 17. The molecule has 7 heterocycles. The summed E-state index contributed by atoms with van der Waals surface area (Å²) in [5, 5.41) is 70.0. The summed E-state index contributed by atoms with van der Waals surface area (Å²) >= 11 is 0.764. The van der Waals surface area contributed by atoms with E-state index < -0.39 is 260 Å². The Hall–Kier alpha value is -13.8. The summed E-state index contributed by atoms with van der Waals surface area (Å²) in [4.78, 5) is 279. The second kappa shape index (κ2) is 47.9. The molecule has 21 N–H and O–H groups in total. The van der Waals surface area contributed by atoms with Crippen LogP contribution in [0.2, 0.25) is 0 Å². The molecule has 3 fully saturated rings. The number of amides is 17. The Kier molecular flexibility index (Phi) is 36.5. The summed E-state index contributed by atoms with van der Waals surface area (Å²) in [5.74, 6) is -19.4. The van der Waals surface area contributed by atoms with Crippen LogP contribution in [0.15, 0.2) is 110 Å². The molecule has 3 aromatic heterocycles. The molecule has 10 rings (SSSR count). The van der Waals surface area contributed by atoms with Gasteiger partial charge in [0.15, 0.2) is 0 Å². The Morgan fingerprint density at radius 2 is 1.05 bits per heavy atom. The number of H-pyrrole nitrogens is 3. The molecule has 17 amide bonds. The van der Waals surface area contributed by atoms with Crippen LogP contribution in [0.5, 0.6) is 5.75 Å². The number of hydrogen-bond acceptors (Lipinski definition) is 23. The Morgan fingerprint density at radius 3 is 1.66 bits per heavy atom. The summed E-state index contributed by atoms with van der Waals surface area (Å²) in [7, 11) is 3.89. The molecule has 3 aromatic carbocycles. The van der Waals surface area contributed by atoms with Gasteiger partial charge in [0.05, 0.1) is 37.8 Å². The number of nitrogens with two attached hydrogens (primary N) is 2. The third kappa shape index (κ3) is 27.7. The first-order chi connectivity index (χ1) is 63.5. The maximum absolute atomic E-state index is 15.7. The first kappa shape index (κ1) is 101. The average Bonchev–Trinajstić information content (AvgIpc) is 1.70. The number of carbonyl (C=O) groups is 18. The predicted molar refractivity (Wildman–Crippen MR) is 481 cm³/mol. The molecule has 0 saturated carbocycles. The van der Waals surface area contributed by atoms with Gasteiger partial charge in [-0.2, -0.15) is 0 Å². The normalized spacial score (nSPS) is 26.1. The second-order valence-corrected chi connectivity index (χ2v) is 34.8. The smallest absolute Gasteiger partial charge is 0.305 e. The van der Waals surface area contributed by atoms with Crippen molar-refractivity contribution in [3.8, 4) is 5.75 Å². The Morgan fingerprint density at radius 1 is 0.519 bits per heavy atom. The van der Waals surface area contributed by atoms with Crippen molar-refractivity contribution in [1.29, 1.82) is 0 Å². The zero-order chi connectivity index (χ0) is 96.4. The van der Waals surface area contributed by atoms with Crippen molar-refractivity contribution in [2.75, 3.05) is 58.9 Å². The van der Waals surface area contributed by atoms with Crippen molar-refractivity contribution in [2.24, 2.45) is 11.5 Å². The van der Waals surface area contributed by atoms with Crippen molar-refractivity contribution in [3.63, 3.8) is 0 Å². The molecule has 3 saturated heterocycles. The SMILES string of the molecule is C[C@@H]1NC(=O)[C@@H]2CCCC/C=C\CCCC[C@@H](C(=O)N2C)N(C)C(=O)[C@H](Cc2c[nH]c3ccccc23)NC(=O)[C@H](CO)NC(=O)[C@H](Cc2c[nH]c3ccccc23)NC(=O)[C@@H]2C[C@@H](O)CN2C(=O)[C@H](CCC(N)=O)NC(=O)[C@H](Cc2cnc[nH]2)NC(=O)[C@@H]2CCCN2C(=O)[C@H](CC(=O)O)NC(=O)[C@H](C)N(C)C(=O)[C@H](Cc2ccc(O)cc2)NC(=O)CSC[C@@H](C(=O)NCC(N)=O)NC1=O. The van der Waals surface area contributed by atoms with Gasteiger partial charge in [-0.3, -0.25) is 86.3 Å². The fourth-order valence-corrected chi connectivity index (χ4v) is 17.4. The number of fused-ring (bicyclic) bond motifs is 7. The number of nitrogens with zero attached hydrogens (tertiary/aromatic N) is 6.